The number of hydrogen-bond acceptors (Lipinski definition) is 3. The quantitative estimate of drug-likeness (QED) is 0.296. The highest BCUT2D eigenvalue weighted by atomic mass is 127. The fourth-order valence-electron chi connectivity index (χ4n) is 3.04. The van der Waals surface area contributed by atoms with Gasteiger partial charge in [0.2, 0.25) is 0 Å². The van der Waals surface area contributed by atoms with Crippen LogP contribution in [0, 0.1) is 3.57 Å². The first-order chi connectivity index (χ1) is 13.6. The Kier molecular flexibility index (Phi) is 6.81. The lowest BCUT2D eigenvalue weighted by molar-refractivity contribution is 0.0954. The van der Waals surface area contributed by atoms with E-state index >= 15 is 0 Å². The predicted molar refractivity (Wildman–Crippen MR) is 121 cm³/mol. The second-order valence-corrected chi connectivity index (χ2v) is 7.46. The molecule has 0 aromatic heterocycles. The number of methoxy groups -OCH3 is 1. The Labute approximate surface area is 178 Å². The van der Waals surface area contributed by atoms with Gasteiger partial charge in [-0.15, -0.1) is 0 Å². The van der Waals surface area contributed by atoms with Crippen molar-refractivity contribution in [1.82, 2.24) is 5.43 Å². The molecule has 0 fully saturated rings. The lowest BCUT2D eigenvalue weighted by Gasteiger charge is -2.18. The van der Waals surface area contributed by atoms with Gasteiger partial charge in [0.15, 0.2) is 0 Å². The summed E-state index contributed by atoms with van der Waals surface area (Å²) in [6.45, 7) is 1.93. The number of hydrogen-bond donors (Lipinski definition) is 1. The molecule has 0 atom stereocenters. The van der Waals surface area contributed by atoms with Gasteiger partial charge in [-0.25, -0.2) is 5.43 Å². The molecule has 142 valence electrons. The van der Waals surface area contributed by atoms with Gasteiger partial charge in [-0.1, -0.05) is 60.7 Å². The fourth-order valence-corrected chi connectivity index (χ4v) is 3.78. The minimum Gasteiger partial charge on any atom is -0.496 e. The lowest BCUT2D eigenvalue weighted by Crippen LogP contribution is -2.22. The van der Waals surface area contributed by atoms with Gasteiger partial charge < -0.3 is 4.74 Å². The average molecular weight is 484 g/mol. The topological polar surface area (TPSA) is 50.7 Å². The van der Waals surface area contributed by atoms with Crippen molar-refractivity contribution in [3.05, 3.63) is 99.1 Å². The SMILES string of the molecule is COc1ccc(C(=O)N/N=C(\C)C(c2ccccc2)c2ccccc2)cc1I. The molecular formula is C23H21IN2O2. The summed E-state index contributed by atoms with van der Waals surface area (Å²) in [5.74, 6) is 0.462. The molecule has 0 aliphatic carbocycles. The highest BCUT2D eigenvalue weighted by Crippen LogP contribution is 2.26. The van der Waals surface area contributed by atoms with E-state index in [9.17, 15) is 4.79 Å². The average Bonchev–Trinajstić information content (AvgIpc) is 2.73. The number of halogens is 1. The monoisotopic (exact) mass is 484 g/mol. The number of benzene rings is 3. The number of nitrogens with one attached hydrogen (secondary N) is 1. The van der Waals surface area contributed by atoms with E-state index in [-0.39, 0.29) is 11.8 Å². The second-order valence-electron chi connectivity index (χ2n) is 6.30. The maximum atomic E-state index is 12.5. The normalized spacial score (nSPS) is 11.4. The zero-order valence-electron chi connectivity index (χ0n) is 15.7. The molecule has 0 aliphatic rings. The van der Waals surface area contributed by atoms with E-state index in [0.29, 0.717) is 5.56 Å². The summed E-state index contributed by atoms with van der Waals surface area (Å²) in [6.07, 6.45) is 0. The second kappa shape index (κ2) is 9.50. The Morgan fingerprint density at radius 1 is 0.964 bits per heavy atom. The molecule has 0 unspecified atom stereocenters. The summed E-state index contributed by atoms with van der Waals surface area (Å²) >= 11 is 2.15. The van der Waals surface area contributed by atoms with Crippen LogP contribution < -0.4 is 10.2 Å². The molecule has 0 aliphatic heterocycles. The summed E-state index contributed by atoms with van der Waals surface area (Å²) in [4.78, 5) is 12.5. The zero-order chi connectivity index (χ0) is 19.9. The molecule has 3 aromatic rings. The maximum absolute atomic E-state index is 12.5. The van der Waals surface area contributed by atoms with Crippen molar-refractivity contribution in [3.63, 3.8) is 0 Å². The lowest BCUT2D eigenvalue weighted by atomic mass is 9.88. The van der Waals surface area contributed by atoms with E-state index in [4.69, 9.17) is 4.74 Å². The number of nitrogens with zero attached hydrogens (tertiary/aromatic N) is 1. The molecule has 0 heterocycles. The largest absolute Gasteiger partial charge is 0.496 e. The van der Waals surface area contributed by atoms with Gasteiger partial charge >= 0.3 is 0 Å². The van der Waals surface area contributed by atoms with Gasteiger partial charge in [-0.2, -0.15) is 5.10 Å². The highest BCUT2D eigenvalue weighted by Gasteiger charge is 2.18. The van der Waals surface area contributed by atoms with Crippen molar-refractivity contribution in [2.75, 3.05) is 7.11 Å². The maximum Gasteiger partial charge on any atom is 0.271 e. The first-order valence-corrected chi connectivity index (χ1v) is 9.96. The molecule has 1 amide bonds. The Morgan fingerprint density at radius 3 is 2.04 bits per heavy atom. The van der Waals surface area contributed by atoms with Gasteiger partial charge in [0.1, 0.15) is 5.75 Å². The van der Waals surface area contributed by atoms with Crippen LogP contribution in [-0.4, -0.2) is 18.7 Å². The molecule has 3 rings (SSSR count). The van der Waals surface area contributed by atoms with Crippen LogP contribution in [0.4, 0.5) is 0 Å². The molecule has 28 heavy (non-hydrogen) atoms. The Balaban J connectivity index is 1.85. The number of carbonyl (C=O) groups excluding carboxylic acids is 1. The number of carbonyl (C=O) groups is 1. The molecule has 0 saturated heterocycles. The van der Waals surface area contributed by atoms with Crippen molar-refractivity contribution >= 4 is 34.2 Å². The minimum absolute atomic E-state index is 0.0290. The first-order valence-electron chi connectivity index (χ1n) is 8.88. The molecule has 0 bridgehead atoms. The molecule has 3 aromatic carbocycles. The molecule has 4 nitrogen and oxygen atoms in total. The van der Waals surface area contributed by atoms with Crippen molar-refractivity contribution in [3.8, 4) is 5.75 Å². The van der Waals surface area contributed by atoms with Crippen LogP contribution >= 0.6 is 22.6 Å². The van der Waals surface area contributed by atoms with Crippen LogP contribution in [-0.2, 0) is 0 Å². The van der Waals surface area contributed by atoms with Gasteiger partial charge in [-0.05, 0) is 58.8 Å². The van der Waals surface area contributed by atoms with E-state index in [2.05, 4.69) is 57.4 Å². The summed E-state index contributed by atoms with van der Waals surface area (Å²) < 4.78 is 6.12. The van der Waals surface area contributed by atoms with E-state index in [1.165, 1.54) is 0 Å². The van der Waals surface area contributed by atoms with Crippen molar-refractivity contribution in [1.29, 1.82) is 0 Å². The van der Waals surface area contributed by atoms with E-state index in [1.807, 2.05) is 43.3 Å². The molecule has 0 spiro atoms. The van der Waals surface area contributed by atoms with Crippen molar-refractivity contribution in [2.45, 2.75) is 12.8 Å². The van der Waals surface area contributed by atoms with Crippen LogP contribution in [0.1, 0.15) is 34.3 Å². The first kappa shape index (κ1) is 20.1. The Morgan fingerprint density at radius 2 is 1.54 bits per heavy atom. The summed E-state index contributed by atoms with van der Waals surface area (Å²) in [5, 5.41) is 4.41. The van der Waals surface area contributed by atoms with Gasteiger partial charge in [0.25, 0.3) is 5.91 Å². The molecule has 0 saturated carbocycles. The van der Waals surface area contributed by atoms with Crippen molar-refractivity contribution < 1.29 is 9.53 Å². The molecule has 5 heteroatoms. The van der Waals surface area contributed by atoms with Gasteiger partial charge in [0, 0.05) is 17.2 Å². The third-order valence-corrected chi connectivity index (χ3v) is 5.27. The van der Waals surface area contributed by atoms with Crippen LogP contribution in [0.25, 0.3) is 0 Å². The zero-order valence-corrected chi connectivity index (χ0v) is 17.9. The summed E-state index contributed by atoms with van der Waals surface area (Å²) in [7, 11) is 1.61. The van der Waals surface area contributed by atoms with Crippen LogP contribution in [0.15, 0.2) is 84.0 Å². The third kappa shape index (κ3) is 4.78. The number of amides is 1. The number of rotatable bonds is 6. The number of hydrazone groups is 1. The highest BCUT2D eigenvalue weighted by molar-refractivity contribution is 14.1. The Bertz CT molecular complexity index is 933. The van der Waals surface area contributed by atoms with Crippen molar-refractivity contribution in [2.24, 2.45) is 5.10 Å². The minimum atomic E-state index is -0.250. The van der Waals surface area contributed by atoms with Crippen LogP contribution in [0.2, 0.25) is 0 Å². The van der Waals surface area contributed by atoms with E-state index in [1.54, 1.807) is 25.3 Å². The molecule has 1 N–H and O–H groups in total. The van der Waals surface area contributed by atoms with E-state index in [0.717, 1.165) is 26.2 Å². The summed E-state index contributed by atoms with van der Waals surface area (Å²) in [6, 6.07) is 25.6. The van der Waals surface area contributed by atoms with Crippen LogP contribution in [0.5, 0.6) is 5.75 Å². The molecule has 0 radical (unpaired) electrons. The van der Waals surface area contributed by atoms with Crippen LogP contribution in [0.3, 0.4) is 0 Å². The fraction of sp³-hybridized carbons (Fsp3) is 0.130. The van der Waals surface area contributed by atoms with E-state index < -0.39 is 0 Å². The smallest absolute Gasteiger partial charge is 0.271 e. The van der Waals surface area contributed by atoms with Gasteiger partial charge in [-0.3, -0.25) is 4.79 Å². The van der Waals surface area contributed by atoms with Gasteiger partial charge in [0.05, 0.1) is 10.7 Å². The predicted octanol–water partition coefficient (Wildman–Crippen LogP) is 5.24. The standard InChI is InChI=1S/C23H21IN2O2/c1-16(25-26-23(27)19-13-14-21(28-2)20(24)15-19)22(17-9-5-3-6-10-17)18-11-7-4-8-12-18/h3-15,22H,1-2H3,(H,26,27)/b25-16+. The summed E-state index contributed by atoms with van der Waals surface area (Å²) in [5.41, 5.74) is 6.30. The Hall–Kier alpha value is -2.67. The third-order valence-electron chi connectivity index (χ3n) is 4.43. The number of ether oxygens (including phenoxy) is 1. The molecular weight excluding hydrogens is 463 g/mol.